The molecule has 0 spiro atoms. The molecule has 1 aliphatic carbocycles. The summed E-state index contributed by atoms with van der Waals surface area (Å²) >= 11 is 1.68. The van der Waals surface area contributed by atoms with Crippen LogP contribution < -0.4 is 5.32 Å². The van der Waals surface area contributed by atoms with Crippen LogP contribution in [-0.4, -0.2) is 25.5 Å². The third kappa shape index (κ3) is 3.35. The number of thiophene rings is 1. The van der Waals surface area contributed by atoms with Gasteiger partial charge in [-0.15, -0.1) is 11.3 Å². The van der Waals surface area contributed by atoms with E-state index in [2.05, 4.69) is 17.0 Å². The average Bonchev–Trinajstić information content (AvgIpc) is 2.81. The summed E-state index contributed by atoms with van der Waals surface area (Å²) < 4.78 is 4.54. The second-order valence-electron chi connectivity index (χ2n) is 4.98. The predicted octanol–water partition coefficient (Wildman–Crippen LogP) is 2.17. The lowest BCUT2D eigenvalue weighted by atomic mass is 9.88. The van der Waals surface area contributed by atoms with Crippen molar-refractivity contribution in [3.8, 4) is 0 Å². The summed E-state index contributed by atoms with van der Waals surface area (Å²) in [6, 6.07) is 0. The first-order valence-electron chi connectivity index (χ1n) is 6.56. The van der Waals surface area contributed by atoms with Crippen molar-refractivity contribution in [1.29, 1.82) is 0 Å². The molecule has 5 heteroatoms. The molecule has 1 atom stereocenters. The van der Waals surface area contributed by atoms with Crippen LogP contribution in [0, 0.1) is 5.92 Å². The lowest BCUT2D eigenvalue weighted by Crippen LogP contribution is -2.27. The summed E-state index contributed by atoms with van der Waals surface area (Å²) in [7, 11) is 1.35. The number of fused-ring (bicyclic) bond motifs is 1. The molecule has 1 aromatic heterocycles. The van der Waals surface area contributed by atoms with Crippen LogP contribution in [0.15, 0.2) is 5.38 Å². The third-order valence-corrected chi connectivity index (χ3v) is 4.54. The number of hydrogen-bond acceptors (Lipinski definition) is 4. The van der Waals surface area contributed by atoms with Crippen molar-refractivity contribution >= 4 is 23.2 Å². The van der Waals surface area contributed by atoms with Crippen molar-refractivity contribution in [1.82, 2.24) is 5.32 Å². The Morgan fingerprint density at radius 3 is 3.05 bits per heavy atom. The van der Waals surface area contributed by atoms with Crippen LogP contribution in [0.2, 0.25) is 0 Å². The molecule has 0 aromatic carbocycles. The highest BCUT2D eigenvalue weighted by atomic mass is 32.1. The Labute approximate surface area is 117 Å². The fourth-order valence-electron chi connectivity index (χ4n) is 2.34. The summed E-state index contributed by atoms with van der Waals surface area (Å²) in [5.41, 5.74) is 2.00. The lowest BCUT2D eigenvalue weighted by molar-refractivity contribution is -0.140. The quantitative estimate of drug-likeness (QED) is 0.861. The van der Waals surface area contributed by atoms with Crippen molar-refractivity contribution < 1.29 is 14.3 Å². The minimum absolute atomic E-state index is 0.0732. The number of ether oxygens (including phenoxy) is 1. The molecule has 104 valence electrons. The molecule has 4 nitrogen and oxygen atoms in total. The van der Waals surface area contributed by atoms with Gasteiger partial charge in [-0.2, -0.15) is 0 Å². The molecular weight excluding hydrogens is 262 g/mol. The van der Waals surface area contributed by atoms with Gasteiger partial charge in [-0.3, -0.25) is 9.59 Å². The Morgan fingerprint density at radius 2 is 2.32 bits per heavy atom. The van der Waals surface area contributed by atoms with Crippen molar-refractivity contribution in [3.05, 3.63) is 21.4 Å². The standard InChI is InChI=1S/C14H19NO3S/c1-9-3-4-10-11(8-19-12(10)7-9)14(17)15-6-5-13(16)18-2/h8-9H,3-7H2,1-2H3,(H,15,17). The van der Waals surface area contributed by atoms with Gasteiger partial charge in [-0.1, -0.05) is 6.92 Å². The van der Waals surface area contributed by atoms with Gasteiger partial charge < -0.3 is 10.1 Å². The van der Waals surface area contributed by atoms with Crippen molar-refractivity contribution in [2.45, 2.75) is 32.6 Å². The van der Waals surface area contributed by atoms with E-state index in [4.69, 9.17) is 0 Å². The van der Waals surface area contributed by atoms with Gasteiger partial charge >= 0.3 is 5.97 Å². The van der Waals surface area contributed by atoms with Gasteiger partial charge in [-0.25, -0.2) is 0 Å². The molecule has 1 aliphatic rings. The Morgan fingerprint density at radius 1 is 1.53 bits per heavy atom. The number of carbonyl (C=O) groups excluding carboxylic acids is 2. The fraction of sp³-hybridized carbons (Fsp3) is 0.571. The Bertz CT molecular complexity index is 481. The second kappa shape index (κ2) is 6.19. The molecule has 0 saturated heterocycles. The number of hydrogen-bond donors (Lipinski definition) is 1. The number of esters is 1. The van der Waals surface area contributed by atoms with Gasteiger partial charge in [-0.05, 0) is 30.7 Å². The first-order chi connectivity index (χ1) is 9.11. The minimum Gasteiger partial charge on any atom is -0.469 e. The van der Waals surface area contributed by atoms with E-state index in [1.165, 1.54) is 17.6 Å². The van der Waals surface area contributed by atoms with E-state index in [1.54, 1.807) is 11.3 Å². The van der Waals surface area contributed by atoms with Crippen LogP contribution in [0.3, 0.4) is 0 Å². The van der Waals surface area contributed by atoms with E-state index >= 15 is 0 Å². The molecule has 1 heterocycles. The molecule has 0 aliphatic heterocycles. The third-order valence-electron chi connectivity index (χ3n) is 3.49. The van der Waals surface area contributed by atoms with Gasteiger partial charge in [0.1, 0.15) is 0 Å². The first-order valence-corrected chi connectivity index (χ1v) is 7.44. The van der Waals surface area contributed by atoms with E-state index in [1.807, 2.05) is 5.38 Å². The van der Waals surface area contributed by atoms with Crippen LogP contribution in [0.5, 0.6) is 0 Å². The summed E-state index contributed by atoms with van der Waals surface area (Å²) in [6.07, 6.45) is 3.42. The molecule has 0 bridgehead atoms. The highest BCUT2D eigenvalue weighted by Crippen LogP contribution is 2.32. The highest BCUT2D eigenvalue weighted by molar-refractivity contribution is 7.10. The fourth-order valence-corrected chi connectivity index (χ4v) is 3.59. The molecule has 0 saturated carbocycles. The minimum atomic E-state index is -0.304. The average molecular weight is 281 g/mol. The molecular formula is C14H19NO3S. The van der Waals surface area contributed by atoms with E-state index in [0.29, 0.717) is 12.5 Å². The molecule has 1 N–H and O–H groups in total. The maximum Gasteiger partial charge on any atom is 0.307 e. The Kier molecular flexibility index (Phi) is 4.58. The van der Waals surface area contributed by atoms with Crippen LogP contribution in [0.1, 0.15) is 40.6 Å². The summed E-state index contributed by atoms with van der Waals surface area (Å²) in [5, 5.41) is 4.72. The van der Waals surface area contributed by atoms with Crippen LogP contribution in [0.4, 0.5) is 0 Å². The van der Waals surface area contributed by atoms with Crippen molar-refractivity contribution in [2.75, 3.05) is 13.7 Å². The number of methoxy groups -OCH3 is 1. The smallest absolute Gasteiger partial charge is 0.307 e. The highest BCUT2D eigenvalue weighted by Gasteiger charge is 2.22. The molecule has 1 unspecified atom stereocenters. The summed E-state index contributed by atoms with van der Waals surface area (Å²) in [6.45, 7) is 2.57. The number of amides is 1. The van der Waals surface area contributed by atoms with Gasteiger partial charge in [0.25, 0.3) is 5.91 Å². The number of rotatable bonds is 4. The van der Waals surface area contributed by atoms with E-state index < -0.39 is 0 Å². The zero-order valence-corrected chi connectivity index (χ0v) is 12.1. The van der Waals surface area contributed by atoms with Crippen molar-refractivity contribution in [2.24, 2.45) is 5.92 Å². The zero-order valence-electron chi connectivity index (χ0n) is 11.3. The monoisotopic (exact) mass is 281 g/mol. The molecule has 2 rings (SSSR count). The van der Waals surface area contributed by atoms with Gasteiger partial charge in [0.2, 0.25) is 0 Å². The maximum atomic E-state index is 12.1. The SMILES string of the molecule is COC(=O)CCNC(=O)c1csc2c1CCC(C)C2. The molecule has 19 heavy (non-hydrogen) atoms. The zero-order chi connectivity index (χ0) is 13.8. The molecule has 0 fully saturated rings. The molecule has 1 aromatic rings. The van der Waals surface area contributed by atoms with Crippen LogP contribution in [-0.2, 0) is 22.4 Å². The maximum absolute atomic E-state index is 12.1. The van der Waals surface area contributed by atoms with Crippen LogP contribution in [0.25, 0.3) is 0 Å². The van der Waals surface area contributed by atoms with Gasteiger partial charge in [0.15, 0.2) is 0 Å². The number of nitrogens with one attached hydrogen (secondary N) is 1. The van der Waals surface area contributed by atoms with E-state index in [9.17, 15) is 9.59 Å². The van der Waals surface area contributed by atoms with Crippen LogP contribution >= 0.6 is 11.3 Å². The largest absolute Gasteiger partial charge is 0.469 e. The van der Waals surface area contributed by atoms with Crippen molar-refractivity contribution in [3.63, 3.8) is 0 Å². The second-order valence-corrected chi connectivity index (χ2v) is 5.95. The Hall–Kier alpha value is -1.36. The molecule has 1 amide bonds. The predicted molar refractivity (Wildman–Crippen MR) is 74.5 cm³/mol. The first kappa shape index (κ1) is 14.1. The number of carbonyl (C=O) groups is 2. The topological polar surface area (TPSA) is 55.4 Å². The lowest BCUT2D eigenvalue weighted by Gasteiger charge is -2.18. The van der Waals surface area contributed by atoms with E-state index in [-0.39, 0.29) is 18.3 Å². The molecule has 0 radical (unpaired) electrons. The summed E-state index contributed by atoms with van der Waals surface area (Å²) in [5.74, 6) is 0.332. The Balaban J connectivity index is 1.95. The van der Waals surface area contributed by atoms with E-state index in [0.717, 1.165) is 24.8 Å². The summed E-state index contributed by atoms with van der Waals surface area (Å²) in [4.78, 5) is 24.4. The van der Waals surface area contributed by atoms with Gasteiger partial charge in [0, 0.05) is 16.8 Å². The van der Waals surface area contributed by atoms with Gasteiger partial charge in [0.05, 0.1) is 19.1 Å². The normalized spacial score (nSPS) is 17.7.